The highest BCUT2D eigenvalue weighted by molar-refractivity contribution is 7.95. The molecule has 124 valence electrons. The minimum absolute atomic E-state index is 0.0124. The molecule has 0 saturated carbocycles. The SMILES string of the molecule is COc1ccc(OC)c(C=C(C#N)S(=O)(=O)c2ccc(Cl)cc2)c1. The summed E-state index contributed by atoms with van der Waals surface area (Å²) in [5, 5.41) is 9.74. The van der Waals surface area contributed by atoms with Crippen molar-refractivity contribution >= 4 is 27.5 Å². The summed E-state index contributed by atoms with van der Waals surface area (Å²) in [6, 6.07) is 12.3. The molecule has 0 unspecified atom stereocenters. The zero-order valence-electron chi connectivity index (χ0n) is 13.0. The zero-order chi connectivity index (χ0) is 17.7. The summed E-state index contributed by atoms with van der Waals surface area (Å²) in [5.74, 6) is 0.943. The second-order valence-electron chi connectivity index (χ2n) is 4.69. The highest BCUT2D eigenvalue weighted by Crippen LogP contribution is 2.29. The number of sulfone groups is 1. The lowest BCUT2D eigenvalue weighted by Gasteiger charge is -2.08. The van der Waals surface area contributed by atoms with Crippen molar-refractivity contribution in [3.05, 3.63) is 58.0 Å². The van der Waals surface area contributed by atoms with Gasteiger partial charge in [-0.1, -0.05) is 11.6 Å². The van der Waals surface area contributed by atoms with Crippen molar-refractivity contribution in [1.29, 1.82) is 5.26 Å². The van der Waals surface area contributed by atoms with Gasteiger partial charge in [0, 0.05) is 10.6 Å². The number of nitriles is 1. The van der Waals surface area contributed by atoms with E-state index in [0.29, 0.717) is 22.1 Å². The van der Waals surface area contributed by atoms with E-state index in [1.165, 1.54) is 44.6 Å². The first kappa shape index (κ1) is 17.9. The lowest BCUT2D eigenvalue weighted by molar-refractivity contribution is 0.402. The lowest BCUT2D eigenvalue weighted by atomic mass is 10.1. The number of benzene rings is 2. The van der Waals surface area contributed by atoms with Crippen LogP contribution in [0.25, 0.3) is 6.08 Å². The third kappa shape index (κ3) is 3.70. The van der Waals surface area contributed by atoms with Gasteiger partial charge in [-0.2, -0.15) is 5.26 Å². The van der Waals surface area contributed by atoms with E-state index >= 15 is 0 Å². The molecule has 0 saturated heterocycles. The first-order valence-corrected chi connectivity index (χ1v) is 8.63. The summed E-state index contributed by atoms with van der Waals surface area (Å²) in [4.78, 5) is -0.419. The Balaban J connectivity index is 2.57. The van der Waals surface area contributed by atoms with E-state index in [2.05, 4.69) is 0 Å². The van der Waals surface area contributed by atoms with E-state index in [4.69, 9.17) is 21.1 Å². The van der Waals surface area contributed by atoms with Crippen LogP contribution in [0.4, 0.5) is 0 Å². The summed E-state index contributed by atoms with van der Waals surface area (Å²) in [6.45, 7) is 0. The van der Waals surface area contributed by atoms with E-state index in [1.54, 1.807) is 24.3 Å². The molecular formula is C17H14ClNO4S. The van der Waals surface area contributed by atoms with Gasteiger partial charge in [0.2, 0.25) is 9.84 Å². The molecule has 0 N–H and O–H groups in total. The molecule has 0 aromatic heterocycles. The minimum Gasteiger partial charge on any atom is -0.497 e. The molecule has 2 aromatic carbocycles. The van der Waals surface area contributed by atoms with Crippen molar-refractivity contribution in [2.24, 2.45) is 0 Å². The molecule has 0 amide bonds. The predicted molar refractivity (Wildman–Crippen MR) is 91.8 cm³/mol. The highest BCUT2D eigenvalue weighted by Gasteiger charge is 2.21. The van der Waals surface area contributed by atoms with Gasteiger partial charge in [0.15, 0.2) is 0 Å². The average Bonchev–Trinajstić information content (AvgIpc) is 2.59. The first-order valence-electron chi connectivity index (χ1n) is 6.77. The maximum absolute atomic E-state index is 12.6. The van der Waals surface area contributed by atoms with Crippen LogP contribution in [0.15, 0.2) is 52.3 Å². The number of hydrogen-bond donors (Lipinski definition) is 0. The lowest BCUT2D eigenvalue weighted by Crippen LogP contribution is -2.03. The molecular weight excluding hydrogens is 350 g/mol. The van der Waals surface area contributed by atoms with Crippen LogP contribution in [-0.2, 0) is 9.84 Å². The van der Waals surface area contributed by atoms with Crippen molar-refractivity contribution in [3.63, 3.8) is 0 Å². The largest absolute Gasteiger partial charge is 0.497 e. The number of rotatable bonds is 5. The monoisotopic (exact) mass is 363 g/mol. The smallest absolute Gasteiger partial charge is 0.216 e. The molecule has 7 heteroatoms. The summed E-state index contributed by atoms with van der Waals surface area (Å²) in [7, 11) is -1.02. The van der Waals surface area contributed by atoms with E-state index in [9.17, 15) is 13.7 Å². The second-order valence-corrected chi connectivity index (χ2v) is 7.04. The maximum atomic E-state index is 12.6. The Morgan fingerprint density at radius 3 is 2.33 bits per heavy atom. The van der Waals surface area contributed by atoms with Gasteiger partial charge in [0.05, 0.1) is 19.1 Å². The summed E-state index contributed by atoms with van der Waals surface area (Å²) < 4.78 is 35.6. The van der Waals surface area contributed by atoms with Gasteiger partial charge in [0.25, 0.3) is 0 Å². The summed E-state index contributed by atoms with van der Waals surface area (Å²) >= 11 is 5.77. The molecule has 0 aliphatic rings. The molecule has 0 fully saturated rings. The molecule has 0 heterocycles. The van der Waals surface area contributed by atoms with Crippen LogP contribution in [0.2, 0.25) is 5.02 Å². The van der Waals surface area contributed by atoms with Crippen molar-refractivity contribution in [2.75, 3.05) is 14.2 Å². The normalized spacial score (nSPS) is 11.7. The average molecular weight is 364 g/mol. The number of hydrogen-bond acceptors (Lipinski definition) is 5. The molecule has 5 nitrogen and oxygen atoms in total. The molecule has 2 rings (SSSR count). The molecule has 0 spiro atoms. The van der Waals surface area contributed by atoms with Gasteiger partial charge in [-0.05, 0) is 48.5 Å². The van der Waals surface area contributed by atoms with Gasteiger partial charge in [-0.25, -0.2) is 8.42 Å². The number of allylic oxidation sites excluding steroid dienone is 1. The Morgan fingerprint density at radius 2 is 1.79 bits per heavy atom. The van der Waals surface area contributed by atoms with Crippen LogP contribution in [0.3, 0.4) is 0 Å². The van der Waals surface area contributed by atoms with Gasteiger partial charge in [-0.15, -0.1) is 0 Å². The Labute approximate surface area is 145 Å². The summed E-state index contributed by atoms with van der Waals surface area (Å²) in [6.07, 6.45) is 1.26. The molecule has 0 aliphatic heterocycles. The van der Waals surface area contributed by atoms with Crippen LogP contribution in [-0.4, -0.2) is 22.6 Å². The van der Waals surface area contributed by atoms with Crippen molar-refractivity contribution in [1.82, 2.24) is 0 Å². The molecule has 0 radical (unpaired) electrons. The quantitative estimate of drug-likeness (QED) is 0.757. The Kier molecular flexibility index (Phi) is 5.50. The highest BCUT2D eigenvalue weighted by atomic mass is 35.5. The Morgan fingerprint density at radius 1 is 1.12 bits per heavy atom. The second kappa shape index (κ2) is 7.39. The number of halogens is 1. The van der Waals surface area contributed by atoms with Crippen molar-refractivity contribution < 1.29 is 17.9 Å². The third-order valence-corrected chi connectivity index (χ3v) is 5.18. The van der Waals surface area contributed by atoms with Crippen molar-refractivity contribution in [3.8, 4) is 17.6 Å². The van der Waals surface area contributed by atoms with E-state index in [0.717, 1.165) is 0 Å². The molecule has 0 atom stereocenters. The van der Waals surface area contributed by atoms with E-state index < -0.39 is 14.7 Å². The molecule has 2 aromatic rings. The topological polar surface area (TPSA) is 76.4 Å². The van der Waals surface area contributed by atoms with Crippen molar-refractivity contribution in [2.45, 2.75) is 4.90 Å². The third-order valence-electron chi connectivity index (χ3n) is 3.25. The van der Waals surface area contributed by atoms with Gasteiger partial charge in [0.1, 0.15) is 22.5 Å². The van der Waals surface area contributed by atoms with Gasteiger partial charge >= 0.3 is 0 Å². The molecule has 24 heavy (non-hydrogen) atoms. The zero-order valence-corrected chi connectivity index (χ0v) is 14.6. The maximum Gasteiger partial charge on any atom is 0.216 e. The standard InChI is InChI=1S/C17H14ClNO4S/c1-22-14-5-8-17(23-2)12(9-14)10-16(11-19)24(20,21)15-6-3-13(18)4-7-15/h3-10H,1-2H3. The van der Waals surface area contributed by atoms with Crippen LogP contribution >= 0.6 is 11.6 Å². The number of ether oxygens (including phenoxy) is 2. The van der Waals surface area contributed by atoms with E-state index in [1.807, 2.05) is 0 Å². The molecule has 0 bridgehead atoms. The number of nitrogens with zero attached hydrogens (tertiary/aromatic N) is 1. The Bertz CT molecular complexity index is 913. The number of methoxy groups -OCH3 is 2. The van der Waals surface area contributed by atoms with Crippen LogP contribution < -0.4 is 9.47 Å². The minimum atomic E-state index is -3.97. The Hall–Kier alpha value is -2.49. The summed E-state index contributed by atoms with van der Waals surface area (Å²) in [5.41, 5.74) is 0.422. The van der Waals surface area contributed by atoms with Crippen LogP contribution in [0.1, 0.15) is 5.56 Å². The fraction of sp³-hybridized carbons (Fsp3) is 0.118. The fourth-order valence-corrected chi connectivity index (χ4v) is 3.28. The van der Waals surface area contributed by atoms with Crippen LogP contribution in [0, 0.1) is 11.3 Å². The first-order chi connectivity index (χ1) is 11.4. The van der Waals surface area contributed by atoms with Crippen LogP contribution in [0.5, 0.6) is 11.5 Å². The van der Waals surface area contributed by atoms with Gasteiger partial charge in [-0.3, -0.25) is 0 Å². The molecule has 0 aliphatic carbocycles. The van der Waals surface area contributed by atoms with Gasteiger partial charge < -0.3 is 9.47 Å². The fourth-order valence-electron chi connectivity index (χ4n) is 2.00. The van der Waals surface area contributed by atoms with E-state index in [-0.39, 0.29) is 4.90 Å². The predicted octanol–water partition coefficient (Wildman–Crippen LogP) is 3.70.